The number of rotatable bonds is 4. The van der Waals surface area contributed by atoms with E-state index in [1.165, 1.54) is 0 Å². The number of nitrogens with zero attached hydrogens (tertiary/aromatic N) is 1. The van der Waals surface area contributed by atoms with Crippen LogP contribution in [0.5, 0.6) is 0 Å². The quantitative estimate of drug-likeness (QED) is 0.766. The molecular formula is C14H27N3O2. The predicted molar refractivity (Wildman–Crippen MR) is 75.1 cm³/mol. The maximum atomic E-state index is 12.2. The van der Waals surface area contributed by atoms with Crippen molar-refractivity contribution in [2.75, 3.05) is 39.4 Å². The molecule has 0 aromatic carbocycles. The molecule has 1 amide bonds. The number of hydrogen-bond acceptors (Lipinski definition) is 4. The van der Waals surface area contributed by atoms with Gasteiger partial charge in [0.2, 0.25) is 5.91 Å². The van der Waals surface area contributed by atoms with Crippen molar-refractivity contribution >= 4 is 5.91 Å². The van der Waals surface area contributed by atoms with Crippen LogP contribution in [0.2, 0.25) is 0 Å². The molecule has 2 N–H and O–H groups in total. The zero-order valence-electron chi connectivity index (χ0n) is 12.4. The predicted octanol–water partition coefficient (Wildman–Crippen LogP) is 0.211. The third-order valence-corrected chi connectivity index (χ3v) is 4.38. The molecule has 0 radical (unpaired) electrons. The molecule has 0 saturated carbocycles. The van der Waals surface area contributed by atoms with Crippen molar-refractivity contribution in [2.45, 2.75) is 38.8 Å². The van der Waals surface area contributed by atoms with E-state index in [4.69, 9.17) is 4.74 Å². The van der Waals surface area contributed by atoms with E-state index in [0.29, 0.717) is 12.5 Å². The zero-order chi connectivity index (χ0) is 13.9. The first-order valence-corrected chi connectivity index (χ1v) is 7.34. The van der Waals surface area contributed by atoms with Crippen LogP contribution >= 0.6 is 0 Å². The minimum atomic E-state index is -0.0134. The molecule has 0 aromatic heterocycles. The van der Waals surface area contributed by atoms with Crippen LogP contribution < -0.4 is 10.6 Å². The van der Waals surface area contributed by atoms with E-state index in [0.717, 1.165) is 39.3 Å². The van der Waals surface area contributed by atoms with Crippen molar-refractivity contribution in [2.24, 2.45) is 5.92 Å². The first kappa shape index (κ1) is 14.8. The fourth-order valence-electron chi connectivity index (χ4n) is 2.88. The maximum absolute atomic E-state index is 12.2. The topological polar surface area (TPSA) is 53.6 Å². The van der Waals surface area contributed by atoms with Gasteiger partial charge in [0.1, 0.15) is 0 Å². The van der Waals surface area contributed by atoms with Gasteiger partial charge in [-0.2, -0.15) is 0 Å². The third-order valence-electron chi connectivity index (χ3n) is 4.38. The van der Waals surface area contributed by atoms with Gasteiger partial charge in [-0.25, -0.2) is 0 Å². The summed E-state index contributed by atoms with van der Waals surface area (Å²) < 4.78 is 5.38. The van der Waals surface area contributed by atoms with Crippen LogP contribution in [-0.2, 0) is 9.53 Å². The summed E-state index contributed by atoms with van der Waals surface area (Å²) in [6.45, 7) is 11.6. The molecule has 110 valence electrons. The summed E-state index contributed by atoms with van der Waals surface area (Å²) in [6, 6.07) is -0.0134. The number of ether oxygens (including phenoxy) is 1. The molecule has 2 fully saturated rings. The lowest BCUT2D eigenvalue weighted by Gasteiger charge is -2.41. The van der Waals surface area contributed by atoms with Gasteiger partial charge in [-0.15, -0.1) is 0 Å². The molecule has 0 aromatic rings. The summed E-state index contributed by atoms with van der Waals surface area (Å²) >= 11 is 0. The van der Waals surface area contributed by atoms with E-state index in [-0.39, 0.29) is 17.5 Å². The van der Waals surface area contributed by atoms with Crippen molar-refractivity contribution in [3.05, 3.63) is 0 Å². The Morgan fingerprint density at radius 1 is 1.42 bits per heavy atom. The molecule has 0 spiro atoms. The number of nitrogens with one attached hydrogen (secondary N) is 2. The summed E-state index contributed by atoms with van der Waals surface area (Å²) in [5.41, 5.74) is -0.0126. The molecule has 2 rings (SSSR count). The van der Waals surface area contributed by atoms with E-state index < -0.39 is 0 Å². The number of morpholine rings is 1. The van der Waals surface area contributed by atoms with E-state index in [9.17, 15) is 4.79 Å². The highest BCUT2D eigenvalue weighted by atomic mass is 16.5. The molecule has 0 aliphatic carbocycles. The first-order valence-electron chi connectivity index (χ1n) is 7.34. The Bertz CT molecular complexity index is 314. The minimum Gasteiger partial charge on any atom is -0.379 e. The molecule has 2 saturated heterocycles. The fourth-order valence-corrected chi connectivity index (χ4v) is 2.88. The Morgan fingerprint density at radius 2 is 2.11 bits per heavy atom. The lowest BCUT2D eigenvalue weighted by molar-refractivity contribution is -0.124. The minimum absolute atomic E-state index is 0.0126. The van der Waals surface area contributed by atoms with Gasteiger partial charge in [0.15, 0.2) is 0 Å². The highest BCUT2D eigenvalue weighted by Crippen LogP contribution is 2.17. The van der Waals surface area contributed by atoms with Crippen LogP contribution in [0, 0.1) is 5.92 Å². The van der Waals surface area contributed by atoms with Crippen molar-refractivity contribution in [1.29, 1.82) is 0 Å². The fraction of sp³-hybridized carbons (Fsp3) is 0.929. The average Bonchev–Trinajstić information content (AvgIpc) is 2.83. The van der Waals surface area contributed by atoms with Gasteiger partial charge < -0.3 is 15.4 Å². The third kappa shape index (κ3) is 3.68. The zero-order valence-corrected chi connectivity index (χ0v) is 12.4. The summed E-state index contributed by atoms with van der Waals surface area (Å²) in [5.74, 6) is 0.581. The van der Waals surface area contributed by atoms with Gasteiger partial charge in [0.25, 0.3) is 0 Å². The van der Waals surface area contributed by atoms with Gasteiger partial charge in [-0.1, -0.05) is 6.92 Å². The van der Waals surface area contributed by atoms with Crippen LogP contribution in [0.1, 0.15) is 27.2 Å². The Kier molecular flexibility index (Phi) is 4.81. The lowest BCUT2D eigenvalue weighted by Crippen LogP contribution is -2.57. The Balaban J connectivity index is 1.81. The SMILES string of the molecule is CC1CCNC1C(=O)NCC(C)(C)N1CCOCC1. The summed E-state index contributed by atoms with van der Waals surface area (Å²) in [7, 11) is 0. The normalized spacial score (nSPS) is 29.4. The van der Waals surface area contributed by atoms with Crippen molar-refractivity contribution in [3.8, 4) is 0 Å². The Labute approximate surface area is 116 Å². The van der Waals surface area contributed by atoms with Crippen LogP contribution in [0.3, 0.4) is 0 Å². The molecule has 2 unspecified atom stereocenters. The summed E-state index contributed by atoms with van der Waals surface area (Å²) in [6.07, 6.45) is 1.09. The Hall–Kier alpha value is -0.650. The van der Waals surface area contributed by atoms with E-state index in [1.54, 1.807) is 0 Å². The molecule has 2 aliphatic heterocycles. The molecule has 2 aliphatic rings. The van der Waals surface area contributed by atoms with Gasteiger partial charge in [-0.3, -0.25) is 9.69 Å². The van der Waals surface area contributed by atoms with E-state index >= 15 is 0 Å². The first-order chi connectivity index (χ1) is 9.00. The highest BCUT2D eigenvalue weighted by molar-refractivity contribution is 5.82. The number of amides is 1. The average molecular weight is 269 g/mol. The molecule has 0 bridgehead atoms. The van der Waals surface area contributed by atoms with Gasteiger partial charge in [0.05, 0.1) is 19.3 Å². The second-order valence-corrected chi connectivity index (χ2v) is 6.33. The van der Waals surface area contributed by atoms with Crippen LogP contribution in [-0.4, -0.2) is 61.8 Å². The number of hydrogen-bond donors (Lipinski definition) is 2. The number of carbonyl (C=O) groups excluding carboxylic acids is 1. The smallest absolute Gasteiger partial charge is 0.237 e. The Morgan fingerprint density at radius 3 is 2.68 bits per heavy atom. The van der Waals surface area contributed by atoms with Crippen molar-refractivity contribution < 1.29 is 9.53 Å². The van der Waals surface area contributed by atoms with Gasteiger partial charge >= 0.3 is 0 Å². The van der Waals surface area contributed by atoms with E-state index in [1.807, 2.05) is 0 Å². The van der Waals surface area contributed by atoms with Gasteiger partial charge in [0, 0.05) is 25.2 Å². The number of carbonyl (C=O) groups is 1. The molecule has 2 heterocycles. The standard InChI is InChI=1S/C14H27N3O2/c1-11-4-5-15-12(11)13(18)16-10-14(2,3)17-6-8-19-9-7-17/h11-12,15H,4-10H2,1-3H3,(H,16,18). The molecule has 5 heteroatoms. The van der Waals surface area contributed by atoms with Crippen LogP contribution in [0.25, 0.3) is 0 Å². The summed E-state index contributed by atoms with van der Waals surface area (Å²) in [5, 5.41) is 6.38. The van der Waals surface area contributed by atoms with Crippen LogP contribution in [0.15, 0.2) is 0 Å². The second kappa shape index (κ2) is 6.20. The molecule has 2 atom stereocenters. The lowest BCUT2D eigenvalue weighted by atomic mass is 10.00. The molecular weight excluding hydrogens is 242 g/mol. The second-order valence-electron chi connectivity index (χ2n) is 6.33. The van der Waals surface area contributed by atoms with Crippen molar-refractivity contribution in [3.63, 3.8) is 0 Å². The maximum Gasteiger partial charge on any atom is 0.237 e. The molecule has 5 nitrogen and oxygen atoms in total. The highest BCUT2D eigenvalue weighted by Gasteiger charge is 2.32. The molecule has 19 heavy (non-hydrogen) atoms. The van der Waals surface area contributed by atoms with Crippen LogP contribution in [0.4, 0.5) is 0 Å². The van der Waals surface area contributed by atoms with E-state index in [2.05, 4.69) is 36.3 Å². The van der Waals surface area contributed by atoms with Crippen molar-refractivity contribution in [1.82, 2.24) is 15.5 Å². The van der Waals surface area contributed by atoms with Gasteiger partial charge in [-0.05, 0) is 32.7 Å². The largest absolute Gasteiger partial charge is 0.379 e. The summed E-state index contributed by atoms with van der Waals surface area (Å²) in [4.78, 5) is 14.6. The monoisotopic (exact) mass is 269 g/mol.